The molecular formula is C11H15NO3. The predicted molar refractivity (Wildman–Crippen MR) is 53.8 cm³/mol. The van der Waals surface area contributed by atoms with Gasteiger partial charge in [-0.1, -0.05) is 32.9 Å². The van der Waals surface area contributed by atoms with Crippen LogP contribution in [0.5, 0.6) is 0 Å². The van der Waals surface area contributed by atoms with Crippen LogP contribution >= 0.6 is 0 Å². The van der Waals surface area contributed by atoms with E-state index in [-0.39, 0.29) is 22.3 Å². The first-order valence-electron chi connectivity index (χ1n) is 4.98. The highest BCUT2D eigenvalue weighted by atomic mass is 16.5. The Bertz CT molecular complexity index is 403. The minimum absolute atomic E-state index is 0.0662. The van der Waals surface area contributed by atoms with Gasteiger partial charge in [0, 0.05) is 5.92 Å². The zero-order valence-electron chi connectivity index (χ0n) is 9.37. The van der Waals surface area contributed by atoms with Crippen molar-refractivity contribution >= 4 is 5.97 Å². The highest BCUT2D eigenvalue weighted by Crippen LogP contribution is 2.73. The molecule has 0 unspecified atom stereocenters. The Hall–Kier alpha value is -1.32. The van der Waals surface area contributed by atoms with Crippen molar-refractivity contribution in [1.29, 1.82) is 0 Å². The molecule has 82 valence electrons. The van der Waals surface area contributed by atoms with Crippen LogP contribution in [-0.4, -0.2) is 16.2 Å². The molecule has 0 atom stereocenters. The number of aromatic nitrogens is 1. The SMILES string of the molecule is CC1(C)C(c2oncc2C(=O)O)C1(C)C. The number of carboxylic acid groups (broad SMARTS) is 1. The van der Waals surface area contributed by atoms with Crippen LogP contribution in [0.1, 0.15) is 49.7 Å². The summed E-state index contributed by atoms with van der Waals surface area (Å²) in [4.78, 5) is 10.9. The second-order valence-corrected chi connectivity index (χ2v) is 5.29. The molecule has 0 spiro atoms. The number of rotatable bonds is 2. The van der Waals surface area contributed by atoms with Gasteiger partial charge in [-0.3, -0.25) is 0 Å². The van der Waals surface area contributed by atoms with Crippen molar-refractivity contribution in [3.63, 3.8) is 0 Å². The minimum Gasteiger partial charge on any atom is -0.478 e. The van der Waals surface area contributed by atoms with Crippen molar-refractivity contribution in [3.8, 4) is 0 Å². The molecule has 4 heteroatoms. The molecule has 1 aromatic heterocycles. The molecule has 0 aliphatic heterocycles. The quantitative estimate of drug-likeness (QED) is 0.812. The van der Waals surface area contributed by atoms with Gasteiger partial charge in [-0.2, -0.15) is 0 Å². The maximum absolute atomic E-state index is 10.9. The second-order valence-electron chi connectivity index (χ2n) is 5.29. The van der Waals surface area contributed by atoms with Crippen LogP contribution in [0.25, 0.3) is 0 Å². The van der Waals surface area contributed by atoms with Gasteiger partial charge in [0.2, 0.25) is 0 Å². The monoisotopic (exact) mass is 209 g/mol. The summed E-state index contributed by atoms with van der Waals surface area (Å²) in [7, 11) is 0. The van der Waals surface area contributed by atoms with Crippen molar-refractivity contribution in [2.75, 3.05) is 0 Å². The van der Waals surface area contributed by atoms with Gasteiger partial charge in [0.25, 0.3) is 0 Å². The second kappa shape index (κ2) is 2.62. The molecule has 1 aromatic rings. The lowest BCUT2D eigenvalue weighted by Crippen LogP contribution is -1.99. The number of carbonyl (C=O) groups is 1. The van der Waals surface area contributed by atoms with E-state index in [1.54, 1.807) is 0 Å². The van der Waals surface area contributed by atoms with E-state index >= 15 is 0 Å². The standard InChI is InChI=1S/C11H15NO3/c1-10(2)8(11(10,3)4)7-6(9(13)14)5-12-15-7/h5,8H,1-4H3,(H,13,14). The number of hydrogen-bond acceptors (Lipinski definition) is 3. The molecule has 1 aliphatic carbocycles. The van der Waals surface area contributed by atoms with Gasteiger partial charge in [0.1, 0.15) is 5.56 Å². The van der Waals surface area contributed by atoms with Crippen molar-refractivity contribution in [2.45, 2.75) is 33.6 Å². The van der Waals surface area contributed by atoms with Gasteiger partial charge in [-0.05, 0) is 10.8 Å². The zero-order chi connectivity index (χ0) is 11.4. The third kappa shape index (κ3) is 1.14. The summed E-state index contributed by atoms with van der Waals surface area (Å²) in [5.74, 6) is -0.319. The molecule has 15 heavy (non-hydrogen) atoms. The van der Waals surface area contributed by atoms with Gasteiger partial charge in [-0.15, -0.1) is 0 Å². The minimum atomic E-state index is -0.968. The summed E-state index contributed by atoms with van der Waals surface area (Å²) >= 11 is 0. The van der Waals surface area contributed by atoms with Gasteiger partial charge >= 0.3 is 5.97 Å². The molecule has 0 bridgehead atoms. The Morgan fingerprint density at radius 2 is 1.93 bits per heavy atom. The Labute approximate surface area is 88.3 Å². The molecule has 4 nitrogen and oxygen atoms in total. The van der Waals surface area contributed by atoms with Crippen molar-refractivity contribution < 1.29 is 14.4 Å². The first kappa shape index (κ1) is 10.2. The molecule has 1 aliphatic rings. The number of carboxylic acids is 1. The van der Waals surface area contributed by atoms with E-state index in [9.17, 15) is 4.79 Å². The smallest absolute Gasteiger partial charge is 0.340 e. The van der Waals surface area contributed by atoms with Crippen LogP contribution in [0.3, 0.4) is 0 Å². The number of aromatic carboxylic acids is 1. The fraction of sp³-hybridized carbons (Fsp3) is 0.636. The summed E-state index contributed by atoms with van der Waals surface area (Å²) in [5.41, 5.74) is 0.326. The van der Waals surface area contributed by atoms with Crippen LogP contribution < -0.4 is 0 Å². The van der Waals surface area contributed by atoms with E-state index in [1.807, 2.05) is 0 Å². The Kier molecular flexibility index (Phi) is 1.78. The van der Waals surface area contributed by atoms with E-state index in [0.717, 1.165) is 0 Å². The largest absolute Gasteiger partial charge is 0.478 e. The fourth-order valence-corrected chi connectivity index (χ4v) is 2.47. The van der Waals surface area contributed by atoms with Crippen LogP contribution in [-0.2, 0) is 0 Å². The van der Waals surface area contributed by atoms with Crippen LogP contribution in [0.15, 0.2) is 10.7 Å². The lowest BCUT2D eigenvalue weighted by molar-refractivity contribution is 0.0694. The average Bonchev–Trinajstić information content (AvgIpc) is 2.51. The molecule has 1 saturated carbocycles. The van der Waals surface area contributed by atoms with Gasteiger partial charge < -0.3 is 9.63 Å². The van der Waals surface area contributed by atoms with Crippen LogP contribution in [0.4, 0.5) is 0 Å². The summed E-state index contributed by atoms with van der Waals surface area (Å²) in [6.07, 6.45) is 1.28. The van der Waals surface area contributed by atoms with E-state index < -0.39 is 5.97 Å². The Balaban J connectivity index is 2.42. The third-order valence-corrected chi connectivity index (χ3v) is 4.11. The van der Waals surface area contributed by atoms with E-state index in [2.05, 4.69) is 32.9 Å². The van der Waals surface area contributed by atoms with Crippen LogP contribution in [0, 0.1) is 10.8 Å². The molecule has 1 fully saturated rings. The maximum Gasteiger partial charge on any atom is 0.340 e. The molecule has 2 rings (SSSR count). The van der Waals surface area contributed by atoms with Gasteiger partial charge in [0.15, 0.2) is 5.76 Å². The van der Waals surface area contributed by atoms with E-state index in [1.165, 1.54) is 6.20 Å². The van der Waals surface area contributed by atoms with E-state index in [0.29, 0.717) is 5.76 Å². The highest BCUT2D eigenvalue weighted by molar-refractivity contribution is 5.88. The van der Waals surface area contributed by atoms with Gasteiger partial charge in [0.05, 0.1) is 6.20 Å². The van der Waals surface area contributed by atoms with Crippen LogP contribution in [0.2, 0.25) is 0 Å². The summed E-state index contributed by atoms with van der Waals surface area (Å²) < 4.78 is 5.09. The fourth-order valence-electron chi connectivity index (χ4n) is 2.47. The number of nitrogens with zero attached hydrogens (tertiary/aromatic N) is 1. The van der Waals surface area contributed by atoms with Crippen molar-refractivity contribution in [2.24, 2.45) is 10.8 Å². The zero-order valence-corrected chi connectivity index (χ0v) is 9.37. The molecular weight excluding hydrogens is 194 g/mol. The van der Waals surface area contributed by atoms with Gasteiger partial charge in [-0.25, -0.2) is 4.79 Å². The topological polar surface area (TPSA) is 63.3 Å². The molecule has 0 amide bonds. The molecule has 1 heterocycles. The first-order chi connectivity index (χ1) is 6.80. The molecule has 0 saturated heterocycles. The lowest BCUT2D eigenvalue weighted by atomic mass is 10.0. The molecule has 0 aromatic carbocycles. The summed E-state index contributed by atoms with van der Waals surface area (Å²) in [6, 6.07) is 0. The maximum atomic E-state index is 10.9. The van der Waals surface area contributed by atoms with E-state index in [4.69, 9.17) is 9.63 Å². The van der Waals surface area contributed by atoms with Crippen molar-refractivity contribution in [1.82, 2.24) is 5.16 Å². The third-order valence-electron chi connectivity index (χ3n) is 4.11. The number of hydrogen-bond donors (Lipinski definition) is 1. The lowest BCUT2D eigenvalue weighted by Gasteiger charge is -2.03. The Morgan fingerprint density at radius 1 is 1.40 bits per heavy atom. The summed E-state index contributed by atoms with van der Waals surface area (Å²) in [6.45, 7) is 8.47. The van der Waals surface area contributed by atoms with Crippen molar-refractivity contribution in [3.05, 3.63) is 17.5 Å². The predicted octanol–water partition coefficient (Wildman–Crippen LogP) is 2.52. The molecule has 0 radical (unpaired) electrons. The molecule has 1 N–H and O–H groups in total. The highest BCUT2D eigenvalue weighted by Gasteiger charge is 2.67. The summed E-state index contributed by atoms with van der Waals surface area (Å²) in [5, 5.41) is 12.6. The normalized spacial score (nSPS) is 22.7. The Morgan fingerprint density at radius 3 is 2.33 bits per heavy atom. The first-order valence-corrected chi connectivity index (χ1v) is 4.98. The average molecular weight is 209 g/mol.